The van der Waals surface area contributed by atoms with Crippen molar-refractivity contribution in [1.29, 1.82) is 0 Å². The van der Waals surface area contributed by atoms with Gasteiger partial charge in [0.05, 0.1) is 5.25 Å². The van der Waals surface area contributed by atoms with Crippen molar-refractivity contribution in [2.45, 2.75) is 23.9 Å². The number of carbonyl (C=O) groups excluding carboxylic acids is 1. The van der Waals surface area contributed by atoms with Gasteiger partial charge in [0.15, 0.2) is 5.58 Å². The smallest absolute Gasteiger partial charge is 0.257 e. The molecule has 1 aromatic heterocycles. The van der Waals surface area contributed by atoms with Crippen LogP contribution >= 0.6 is 23.4 Å². The van der Waals surface area contributed by atoms with Gasteiger partial charge in [-0.3, -0.25) is 4.79 Å². The number of rotatable bonds is 5. The maximum Gasteiger partial charge on any atom is 0.257 e. The van der Waals surface area contributed by atoms with Crippen LogP contribution in [0, 0.1) is 0 Å². The van der Waals surface area contributed by atoms with E-state index in [2.05, 4.69) is 4.98 Å². The summed E-state index contributed by atoms with van der Waals surface area (Å²) in [5, 5.41) is 0.794. The van der Waals surface area contributed by atoms with Gasteiger partial charge in [0.25, 0.3) is 5.22 Å². The number of aromatic nitrogens is 1. The fourth-order valence-electron chi connectivity index (χ4n) is 2.38. The van der Waals surface area contributed by atoms with Gasteiger partial charge >= 0.3 is 0 Å². The van der Waals surface area contributed by atoms with Crippen molar-refractivity contribution in [3.8, 4) is 0 Å². The van der Waals surface area contributed by atoms with Crippen LogP contribution < -0.4 is 0 Å². The van der Waals surface area contributed by atoms with Gasteiger partial charge in [-0.1, -0.05) is 53.7 Å². The van der Waals surface area contributed by atoms with Gasteiger partial charge in [-0.25, -0.2) is 4.98 Å². The van der Waals surface area contributed by atoms with E-state index < -0.39 is 0 Å². The van der Waals surface area contributed by atoms with Crippen LogP contribution in [0.25, 0.3) is 11.1 Å². The second kappa shape index (κ2) is 7.28. The van der Waals surface area contributed by atoms with Crippen molar-refractivity contribution in [1.82, 2.24) is 9.88 Å². The van der Waals surface area contributed by atoms with Crippen LogP contribution in [0.2, 0.25) is 5.02 Å². The first-order valence-electron chi connectivity index (χ1n) is 7.54. The normalized spacial score (nSPS) is 12.3. The van der Waals surface area contributed by atoms with Crippen molar-refractivity contribution in [2.75, 3.05) is 7.05 Å². The molecular formula is C18H17ClN2O2S. The Labute approximate surface area is 149 Å². The quantitative estimate of drug-likeness (QED) is 0.623. The lowest BCUT2D eigenvalue weighted by Gasteiger charge is -2.20. The molecule has 0 aliphatic rings. The van der Waals surface area contributed by atoms with E-state index in [1.54, 1.807) is 30.1 Å². The third-order valence-corrected chi connectivity index (χ3v) is 4.76. The molecule has 0 bridgehead atoms. The molecule has 24 heavy (non-hydrogen) atoms. The van der Waals surface area contributed by atoms with Crippen LogP contribution in [-0.2, 0) is 11.3 Å². The minimum Gasteiger partial charge on any atom is -0.431 e. The van der Waals surface area contributed by atoms with Crippen LogP contribution in [0.4, 0.5) is 0 Å². The second-order valence-corrected chi connectivity index (χ2v) is 7.26. The third kappa shape index (κ3) is 3.91. The summed E-state index contributed by atoms with van der Waals surface area (Å²) in [5.74, 6) is 0.0316. The Morgan fingerprint density at radius 2 is 2.04 bits per heavy atom. The van der Waals surface area contributed by atoms with Crippen LogP contribution in [0.3, 0.4) is 0 Å². The lowest BCUT2D eigenvalue weighted by molar-refractivity contribution is -0.129. The lowest BCUT2D eigenvalue weighted by Crippen LogP contribution is -2.32. The highest BCUT2D eigenvalue weighted by Crippen LogP contribution is 2.28. The number of fused-ring (bicyclic) bond motifs is 1. The van der Waals surface area contributed by atoms with E-state index in [4.69, 9.17) is 16.0 Å². The maximum absolute atomic E-state index is 12.5. The number of halogens is 1. The average Bonchev–Trinajstić information content (AvgIpc) is 2.96. The second-order valence-electron chi connectivity index (χ2n) is 5.53. The van der Waals surface area contributed by atoms with Crippen molar-refractivity contribution < 1.29 is 9.21 Å². The summed E-state index contributed by atoms with van der Waals surface area (Å²) in [4.78, 5) is 18.6. The number of benzene rings is 2. The molecule has 6 heteroatoms. The van der Waals surface area contributed by atoms with Crippen molar-refractivity contribution in [3.63, 3.8) is 0 Å². The van der Waals surface area contributed by atoms with Gasteiger partial charge in [0, 0.05) is 18.6 Å². The fourth-order valence-corrected chi connectivity index (χ4v) is 3.42. The predicted molar refractivity (Wildman–Crippen MR) is 97.3 cm³/mol. The summed E-state index contributed by atoms with van der Waals surface area (Å²) in [6, 6.07) is 15.2. The summed E-state index contributed by atoms with van der Waals surface area (Å²) in [7, 11) is 1.80. The number of oxazole rings is 1. The molecule has 3 rings (SSSR count). The van der Waals surface area contributed by atoms with Gasteiger partial charge in [0.1, 0.15) is 5.52 Å². The van der Waals surface area contributed by atoms with Crippen LogP contribution in [0.1, 0.15) is 12.5 Å². The summed E-state index contributed by atoms with van der Waals surface area (Å²) < 4.78 is 5.66. The summed E-state index contributed by atoms with van der Waals surface area (Å²) in [6.45, 7) is 2.43. The van der Waals surface area contributed by atoms with Gasteiger partial charge in [0.2, 0.25) is 5.91 Å². The van der Waals surface area contributed by atoms with Crippen LogP contribution in [0.15, 0.2) is 58.2 Å². The Morgan fingerprint density at radius 1 is 1.29 bits per heavy atom. The van der Waals surface area contributed by atoms with E-state index in [0.29, 0.717) is 27.9 Å². The predicted octanol–water partition coefficient (Wildman–Crippen LogP) is 4.62. The largest absolute Gasteiger partial charge is 0.431 e. The van der Waals surface area contributed by atoms with Crippen molar-refractivity contribution in [2.24, 2.45) is 0 Å². The number of carbonyl (C=O) groups is 1. The minimum atomic E-state index is -0.290. The van der Waals surface area contributed by atoms with E-state index >= 15 is 0 Å². The first-order chi connectivity index (χ1) is 11.5. The van der Waals surface area contributed by atoms with Crippen LogP contribution in [0.5, 0.6) is 0 Å². The molecule has 0 aliphatic heterocycles. The van der Waals surface area contributed by atoms with Gasteiger partial charge in [-0.05, 0) is 30.7 Å². The average molecular weight is 361 g/mol. The Kier molecular flexibility index (Phi) is 5.11. The number of hydrogen-bond acceptors (Lipinski definition) is 4. The standard InChI is InChI=1S/C18H17ClN2O2S/c1-12(17(22)21(2)11-13-6-4-3-5-7-13)24-18-20-15-10-14(19)8-9-16(15)23-18/h3-10,12H,11H2,1-2H3. The van der Waals surface area contributed by atoms with Gasteiger partial charge < -0.3 is 9.32 Å². The molecule has 3 aromatic rings. The van der Waals surface area contributed by atoms with E-state index in [0.717, 1.165) is 5.56 Å². The number of hydrogen-bond donors (Lipinski definition) is 0. The molecule has 0 fully saturated rings. The molecule has 0 aliphatic carbocycles. The minimum absolute atomic E-state index is 0.0316. The first kappa shape index (κ1) is 16.9. The molecule has 0 radical (unpaired) electrons. The summed E-state index contributed by atoms with van der Waals surface area (Å²) in [5.41, 5.74) is 2.46. The molecule has 124 valence electrons. The van der Waals surface area contributed by atoms with Gasteiger partial charge in [-0.15, -0.1) is 0 Å². The zero-order chi connectivity index (χ0) is 17.1. The summed E-state index contributed by atoms with van der Waals surface area (Å²) in [6.07, 6.45) is 0. The van der Waals surface area contributed by atoms with Gasteiger partial charge in [-0.2, -0.15) is 0 Å². The maximum atomic E-state index is 12.5. The molecule has 0 N–H and O–H groups in total. The Hall–Kier alpha value is -1.98. The highest BCUT2D eigenvalue weighted by molar-refractivity contribution is 8.00. The Balaban J connectivity index is 1.66. The van der Waals surface area contributed by atoms with E-state index in [9.17, 15) is 4.79 Å². The topological polar surface area (TPSA) is 46.3 Å². The fraction of sp³-hybridized carbons (Fsp3) is 0.222. The SMILES string of the molecule is CC(Sc1nc2cc(Cl)ccc2o1)C(=O)N(C)Cc1ccccc1. The first-order valence-corrected chi connectivity index (χ1v) is 8.80. The Bertz CT molecular complexity index is 851. The molecule has 0 spiro atoms. The van der Waals surface area contributed by atoms with Crippen molar-refractivity contribution >= 4 is 40.4 Å². The monoisotopic (exact) mass is 360 g/mol. The zero-order valence-corrected chi connectivity index (χ0v) is 15.0. The Morgan fingerprint density at radius 3 is 2.79 bits per heavy atom. The molecule has 2 aromatic carbocycles. The van der Waals surface area contributed by atoms with E-state index in [-0.39, 0.29) is 11.2 Å². The highest BCUT2D eigenvalue weighted by atomic mass is 35.5. The molecule has 4 nitrogen and oxygen atoms in total. The molecule has 1 amide bonds. The molecule has 0 saturated heterocycles. The van der Waals surface area contributed by atoms with E-state index in [1.807, 2.05) is 37.3 Å². The lowest BCUT2D eigenvalue weighted by atomic mass is 10.2. The van der Waals surface area contributed by atoms with E-state index in [1.165, 1.54) is 11.8 Å². The molecule has 1 unspecified atom stereocenters. The van der Waals surface area contributed by atoms with Crippen LogP contribution in [-0.4, -0.2) is 28.1 Å². The summed E-state index contributed by atoms with van der Waals surface area (Å²) >= 11 is 7.26. The molecule has 1 heterocycles. The number of nitrogens with zero attached hydrogens (tertiary/aromatic N) is 2. The number of thioether (sulfide) groups is 1. The zero-order valence-electron chi connectivity index (χ0n) is 13.4. The molecular weight excluding hydrogens is 344 g/mol. The molecule has 0 saturated carbocycles. The van der Waals surface area contributed by atoms with Crippen molar-refractivity contribution in [3.05, 3.63) is 59.1 Å². The highest BCUT2D eigenvalue weighted by Gasteiger charge is 2.21. The third-order valence-electron chi connectivity index (χ3n) is 3.59. The number of amides is 1. The molecule has 1 atom stereocenters.